The molecule has 0 unspecified atom stereocenters. The summed E-state index contributed by atoms with van der Waals surface area (Å²) in [5.74, 6) is 0. The molecule has 0 fully saturated rings. The van der Waals surface area contributed by atoms with Crippen molar-refractivity contribution in [3.05, 3.63) is 55.2 Å². The van der Waals surface area contributed by atoms with E-state index in [1.165, 1.54) is 0 Å². The number of imidazole rings is 1. The zero-order chi connectivity index (χ0) is 12.7. The van der Waals surface area contributed by atoms with Crippen molar-refractivity contribution < 1.29 is 0 Å². The van der Waals surface area contributed by atoms with Gasteiger partial charge in [-0.05, 0) is 18.2 Å². The molecule has 3 aromatic heterocycles. The van der Waals surface area contributed by atoms with Crippen LogP contribution < -0.4 is 0 Å². The van der Waals surface area contributed by atoms with Crippen LogP contribution in [0.25, 0.3) is 27.6 Å². The first-order chi connectivity index (χ1) is 9.43. The molecule has 4 aromatic rings. The minimum atomic E-state index is 0.862. The number of fused-ring (bicyclic) bond motifs is 2. The van der Waals surface area contributed by atoms with Crippen molar-refractivity contribution in [2.45, 2.75) is 0 Å². The molecule has 0 saturated heterocycles. The Labute approximate surface area is 108 Å². The van der Waals surface area contributed by atoms with Gasteiger partial charge in [-0.2, -0.15) is 5.10 Å². The number of hydrogen-bond donors (Lipinski definition) is 0. The molecular formula is C14H9N5. The molecule has 0 amide bonds. The van der Waals surface area contributed by atoms with E-state index in [1.54, 1.807) is 24.9 Å². The number of nitrogens with zero attached hydrogens (tertiary/aromatic N) is 5. The maximum Gasteiger partial charge on any atom is 0.117 e. The van der Waals surface area contributed by atoms with E-state index >= 15 is 0 Å². The fourth-order valence-electron chi connectivity index (χ4n) is 2.25. The lowest BCUT2D eigenvalue weighted by molar-refractivity contribution is 1.04. The summed E-state index contributed by atoms with van der Waals surface area (Å²) in [6.45, 7) is 0. The Hall–Kier alpha value is -2.82. The van der Waals surface area contributed by atoms with Gasteiger partial charge in [-0.3, -0.25) is 9.55 Å². The summed E-state index contributed by atoms with van der Waals surface area (Å²) in [6, 6.07) is 9.93. The van der Waals surface area contributed by atoms with E-state index in [2.05, 4.69) is 20.2 Å². The molecule has 4 rings (SSSR count). The van der Waals surface area contributed by atoms with Crippen molar-refractivity contribution in [1.29, 1.82) is 0 Å². The molecule has 0 saturated carbocycles. The largest absolute Gasteiger partial charge is 0.296 e. The summed E-state index contributed by atoms with van der Waals surface area (Å²) in [7, 11) is 0. The first-order valence-electron chi connectivity index (χ1n) is 5.91. The van der Waals surface area contributed by atoms with E-state index in [0.29, 0.717) is 0 Å². The molecule has 3 heterocycles. The maximum atomic E-state index is 4.35. The van der Waals surface area contributed by atoms with Crippen LogP contribution in [0.1, 0.15) is 0 Å². The van der Waals surface area contributed by atoms with E-state index in [4.69, 9.17) is 0 Å². The lowest BCUT2D eigenvalue weighted by atomic mass is 10.2. The quantitative estimate of drug-likeness (QED) is 0.518. The fraction of sp³-hybridized carbons (Fsp3) is 0. The van der Waals surface area contributed by atoms with Gasteiger partial charge in [-0.15, -0.1) is 5.10 Å². The molecule has 5 nitrogen and oxygen atoms in total. The van der Waals surface area contributed by atoms with Crippen LogP contribution in [0.3, 0.4) is 0 Å². The van der Waals surface area contributed by atoms with Gasteiger partial charge in [0, 0.05) is 11.6 Å². The first-order valence-corrected chi connectivity index (χ1v) is 5.91. The summed E-state index contributed by atoms with van der Waals surface area (Å²) < 4.78 is 2.01. The van der Waals surface area contributed by atoms with Crippen LogP contribution in [0.4, 0.5) is 0 Å². The van der Waals surface area contributed by atoms with Gasteiger partial charge in [-0.1, -0.05) is 12.1 Å². The van der Waals surface area contributed by atoms with Crippen molar-refractivity contribution in [2.75, 3.05) is 0 Å². The van der Waals surface area contributed by atoms with Crippen molar-refractivity contribution in [3.8, 4) is 5.69 Å². The molecule has 0 bridgehead atoms. The van der Waals surface area contributed by atoms with Gasteiger partial charge in [0.1, 0.15) is 17.4 Å². The fourth-order valence-corrected chi connectivity index (χ4v) is 2.25. The molecule has 90 valence electrons. The zero-order valence-corrected chi connectivity index (χ0v) is 9.93. The third-order valence-corrected chi connectivity index (χ3v) is 3.13. The second kappa shape index (κ2) is 3.84. The SMILES string of the molecule is c1cc(-n2cnc3cnccc32)c2nnccc2c1. The van der Waals surface area contributed by atoms with Gasteiger partial charge in [-0.25, -0.2) is 4.98 Å². The van der Waals surface area contributed by atoms with Crippen LogP contribution in [0, 0.1) is 0 Å². The number of rotatable bonds is 1. The Morgan fingerprint density at radius 2 is 2.00 bits per heavy atom. The lowest BCUT2D eigenvalue weighted by Gasteiger charge is -2.06. The molecule has 0 aliphatic rings. The number of benzene rings is 1. The molecule has 0 N–H and O–H groups in total. The molecule has 0 spiro atoms. The summed E-state index contributed by atoms with van der Waals surface area (Å²) in [5.41, 5.74) is 3.71. The highest BCUT2D eigenvalue weighted by atomic mass is 15.1. The number of hydrogen-bond acceptors (Lipinski definition) is 4. The summed E-state index contributed by atoms with van der Waals surface area (Å²) in [5, 5.41) is 9.26. The van der Waals surface area contributed by atoms with Gasteiger partial charge in [0.05, 0.1) is 23.6 Å². The molecule has 1 aromatic carbocycles. The van der Waals surface area contributed by atoms with Crippen LogP contribution in [0.5, 0.6) is 0 Å². The minimum Gasteiger partial charge on any atom is -0.296 e. The molecular weight excluding hydrogens is 238 g/mol. The van der Waals surface area contributed by atoms with Crippen molar-refractivity contribution in [2.24, 2.45) is 0 Å². The van der Waals surface area contributed by atoms with E-state index in [0.717, 1.165) is 27.6 Å². The van der Waals surface area contributed by atoms with E-state index in [9.17, 15) is 0 Å². The monoisotopic (exact) mass is 247 g/mol. The molecule has 0 aliphatic heterocycles. The maximum absolute atomic E-state index is 4.35. The Kier molecular flexibility index (Phi) is 2.05. The third kappa shape index (κ3) is 1.48. The van der Waals surface area contributed by atoms with E-state index in [1.807, 2.05) is 34.9 Å². The minimum absolute atomic E-state index is 0.862. The van der Waals surface area contributed by atoms with Crippen LogP contribution in [0.15, 0.2) is 55.2 Å². The number of aromatic nitrogens is 5. The van der Waals surface area contributed by atoms with Crippen LogP contribution >= 0.6 is 0 Å². The van der Waals surface area contributed by atoms with E-state index in [-0.39, 0.29) is 0 Å². The summed E-state index contributed by atoms with van der Waals surface area (Å²) in [6.07, 6.45) is 7.00. The highest BCUT2D eigenvalue weighted by Crippen LogP contribution is 2.22. The van der Waals surface area contributed by atoms with Crippen LogP contribution in [0.2, 0.25) is 0 Å². The van der Waals surface area contributed by atoms with Crippen LogP contribution in [-0.4, -0.2) is 24.7 Å². The van der Waals surface area contributed by atoms with E-state index < -0.39 is 0 Å². The van der Waals surface area contributed by atoms with Gasteiger partial charge in [0.15, 0.2) is 0 Å². The van der Waals surface area contributed by atoms with Gasteiger partial charge in [0.2, 0.25) is 0 Å². The Bertz CT molecular complexity index is 876. The second-order valence-electron chi connectivity index (χ2n) is 4.23. The average molecular weight is 247 g/mol. The van der Waals surface area contributed by atoms with Crippen molar-refractivity contribution in [1.82, 2.24) is 24.7 Å². The van der Waals surface area contributed by atoms with Gasteiger partial charge < -0.3 is 0 Å². The van der Waals surface area contributed by atoms with Crippen LogP contribution in [-0.2, 0) is 0 Å². The first kappa shape index (κ1) is 10.1. The predicted octanol–water partition coefficient (Wildman–Crippen LogP) is 2.36. The third-order valence-electron chi connectivity index (χ3n) is 3.13. The second-order valence-corrected chi connectivity index (χ2v) is 4.23. The average Bonchev–Trinajstić information content (AvgIpc) is 2.90. The molecule has 0 aliphatic carbocycles. The number of pyridine rings is 1. The Balaban J connectivity index is 2.10. The normalized spacial score (nSPS) is 11.2. The summed E-state index contributed by atoms with van der Waals surface area (Å²) >= 11 is 0. The molecule has 5 heteroatoms. The van der Waals surface area contributed by atoms with Crippen molar-refractivity contribution >= 4 is 21.9 Å². The van der Waals surface area contributed by atoms with Crippen molar-refractivity contribution in [3.63, 3.8) is 0 Å². The predicted molar refractivity (Wildman–Crippen MR) is 72.0 cm³/mol. The summed E-state index contributed by atoms with van der Waals surface area (Å²) in [4.78, 5) is 8.43. The molecule has 0 atom stereocenters. The smallest absolute Gasteiger partial charge is 0.117 e. The Morgan fingerprint density at radius 3 is 3.00 bits per heavy atom. The Morgan fingerprint density at radius 1 is 1.00 bits per heavy atom. The zero-order valence-electron chi connectivity index (χ0n) is 9.93. The molecule has 0 radical (unpaired) electrons. The standard InChI is InChI=1S/C14H9N5/c1-2-10-4-7-17-18-14(10)13(3-1)19-9-16-11-8-15-6-5-12(11)19/h1-9H. The van der Waals surface area contributed by atoms with Gasteiger partial charge in [0.25, 0.3) is 0 Å². The lowest BCUT2D eigenvalue weighted by Crippen LogP contribution is -1.95. The van der Waals surface area contributed by atoms with Gasteiger partial charge >= 0.3 is 0 Å². The molecule has 19 heavy (non-hydrogen) atoms. The topological polar surface area (TPSA) is 56.5 Å². The highest BCUT2D eigenvalue weighted by molar-refractivity contribution is 5.88. The highest BCUT2D eigenvalue weighted by Gasteiger charge is 2.08.